The molecule has 0 radical (unpaired) electrons. The molecule has 0 aliphatic heterocycles. The van der Waals surface area contributed by atoms with Gasteiger partial charge in [0.05, 0.1) is 6.61 Å². The normalized spacial score (nSPS) is 14.4. The molecule has 1 atom stereocenters. The van der Waals surface area contributed by atoms with E-state index >= 15 is 0 Å². The molecule has 0 aliphatic carbocycles. The van der Waals surface area contributed by atoms with Crippen LogP contribution in [0.5, 0.6) is 0 Å². The van der Waals surface area contributed by atoms with Gasteiger partial charge in [0, 0.05) is 32.3 Å². The van der Waals surface area contributed by atoms with E-state index in [1.165, 1.54) is 0 Å². The van der Waals surface area contributed by atoms with Crippen molar-refractivity contribution in [1.82, 2.24) is 4.90 Å². The molecule has 86 valence electrons. The van der Waals surface area contributed by atoms with E-state index in [1.54, 1.807) is 7.11 Å². The van der Waals surface area contributed by atoms with Crippen LogP contribution in [0.1, 0.15) is 27.7 Å². The van der Waals surface area contributed by atoms with Gasteiger partial charge in [-0.3, -0.25) is 4.90 Å². The molecular formula is C11H26N2O. The lowest BCUT2D eigenvalue weighted by atomic mass is 10.0. The van der Waals surface area contributed by atoms with Gasteiger partial charge >= 0.3 is 0 Å². The van der Waals surface area contributed by atoms with E-state index in [9.17, 15) is 0 Å². The summed E-state index contributed by atoms with van der Waals surface area (Å²) in [6, 6.07) is 0.796. The highest BCUT2D eigenvalue weighted by Crippen LogP contribution is 2.04. The number of nitrogens with two attached hydrogens (primary N) is 1. The van der Waals surface area contributed by atoms with Crippen LogP contribution in [-0.4, -0.2) is 43.8 Å². The molecular weight excluding hydrogens is 176 g/mol. The van der Waals surface area contributed by atoms with Crippen LogP contribution >= 0.6 is 0 Å². The Morgan fingerprint density at radius 1 is 1.21 bits per heavy atom. The number of ether oxygens (including phenoxy) is 1. The fourth-order valence-electron chi connectivity index (χ4n) is 1.25. The fraction of sp³-hybridized carbons (Fsp3) is 1.00. The van der Waals surface area contributed by atoms with E-state index in [0.29, 0.717) is 12.0 Å². The van der Waals surface area contributed by atoms with Crippen molar-refractivity contribution in [3.63, 3.8) is 0 Å². The van der Waals surface area contributed by atoms with E-state index < -0.39 is 0 Å². The molecule has 2 N–H and O–H groups in total. The summed E-state index contributed by atoms with van der Waals surface area (Å²) >= 11 is 0. The van der Waals surface area contributed by atoms with Gasteiger partial charge in [-0.25, -0.2) is 0 Å². The van der Waals surface area contributed by atoms with Gasteiger partial charge < -0.3 is 10.5 Å². The summed E-state index contributed by atoms with van der Waals surface area (Å²) in [4.78, 5) is 2.37. The SMILES string of the molecule is COCCN(CC(N)C(C)C)C(C)C. The number of hydrogen-bond acceptors (Lipinski definition) is 3. The van der Waals surface area contributed by atoms with Gasteiger partial charge in [-0.15, -0.1) is 0 Å². The molecule has 1 unspecified atom stereocenters. The second-order valence-electron chi connectivity index (χ2n) is 4.49. The van der Waals surface area contributed by atoms with Gasteiger partial charge in [0.1, 0.15) is 0 Å². The van der Waals surface area contributed by atoms with Gasteiger partial charge in [-0.05, 0) is 19.8 Å². The maximum absolute atomic E-state index is 6.04. The minimum Gasteiger partial charge on any atom is -0.383 e. The zero-order chi connectivity index (χ0) is 11.1. The smallest absolute Gasteiger partial charge is 0.0589 e. The third-order valence-corrected chi connectivity index (χ3v) is 2.61. The van der Waals surface area contributed by atoms with Crippen molar-refractivity contribution in [2.45, 2.75) is 39.8 Å². The molecule has 0 amide bonds. The molecule has 0 rings (SSSR count). The molecule has 0 saturated carbocycles. The quantitative estimate of drug-likeness (QED) is 0.677. The lowest BCUT2D eigenvalue weighted by Gasteiger charge is -2.30. The molecule has 0 bridgehead atoms. The lowest BCUT2D eigenvalue weighted by Crippen LogP contribution is -2.45. The zero-order valence-corrected chi connectivity index (χ0v) is 10.3. The van der Waals surface area contributed by atoms with Crippen LogP contribution in [0.25, 0.3) is 0 Å². The van der Waals surface area contributed by atoms with Crippen molar-refractivity contribution in [1.29, 1.82) is 0 Å². The highest BCUT2D eigenvalue weighted by Gasteiger charge is 2.15. The van der Waals surface area contributed by atoms with Gasteiger partial charge in [0.2, 0.25) is 0 Å². The zero-order valence-electron chi connectivity index (χ0n) is 10.3. The van der Waals surface area contributed by atoms with E-state index in [2.05, 4.69) is 32.6 Å². The van der Waals surface area contributed by atoms with Crippen molar-refractivity contribution in [3.05, 3.63) is 0 Å². The molecule has 3 nitrogen and oxygen atoms in total. The Labute approximate surface area is 88.6 Å². The van der Waals surface area contributed by atoms with Crippen LogP contribution in [0.4, 0.5) is 0 Å². The maximum Gasteiger partial charge on any atom is 0.0589 e. The minimum absolute atomic E-state index is 0.259. The van der Waals surface area contributed by atoms with E-state index in [1.807, 2.05) is 0 Å². The van der Waals surface area contributed by atoms with E-state index in [-0.39, 0.29) is 6.04 Å². The fourth-order valence-corrected chi connectivity index (χ4v) is 1.25. The molecule has 14 heavy (non-hydrogen) atoms. The molecule has 3 heteroatoms. The van der Waals surface area contributed by atoms with Gasteiger partial charge in [0.15, 0.2) is 0 Å². The standard InChI is InChI=1S/C11H26N2O/c1-9(2)11(12)8-13(10(3)4)6-7-14-5/h9-11H,6-8,12H2,1-5H3. The van der Waals surface area contributed by atoms with Crippen LogP contribution in [0.3, 0.4) is 0 Å². The van der Waals surface area contributed by atoms with Crippen LogP contribution in [0.15, 0.2) is 0 Å². The molecule has 0 aromatic carbocycles. The summed E-state index contributed by atoms with van der Waals surface area (Å²) in [5.41, 5.74) is 6.04. The summed E-state index contributed by atoms with van der Waals surface area (Å²) in [5, 5.41) is 0. The maximum atomic E-state index is 6.04. The Balaban J connectivity index is 3.95. The molecule has 0 spiro atoms. The van der Waals surface area contributed by atoms with E-state index in [4.69, 9.17) is 10.5 Å². The van der Waals surface area contributed by atoms with Crippen molar-refractivity contribution in [3.8, 4) is 0 Å². The summed E-state index contributed by atoms with van der Waals surface area (Å²) < 4.78 is 5.08. The average molecular weight is 202 g/mol. The monoisotopic (exact) mass is 202 g/mol. The van der Waals surface area contributed by atoms with Gasteiger partial charge in [-0.2, -0.15) is 0 Å². The Bertz CT molecular complexity index is 137. The van der Waals surface area contributed by atoms with Gasteiger partial charge in [0.25, 0.3) is 0 Å². The van der Waals surface area contributed by atoms with Crippen LogP contribution in [-0.2, 0) is 4.74 Å². The average Bonchev–Trinajstić information content (AvgIpc) is 2.10. The van der Waals surface area contributed by atoms with Crippen molar-refractivity contribution >= 4 is 0 Å². The van der Waals surface area contributed by atoms with Crippen molar-refractivity contribution < 1.29 is 4.74 Å². The van der Waals surface area contributed by atoms with Gasteiger partial charge in [-0.1, -0.05) is 13.8 Å². The Morgan fingerprint density at radius 2 is 1.79 bits per heavy atom. The number of rotatable bonds is 7. The molecule has 0 fully saturated rings. The summed E-state index contributed by atoms with van der Waals surface area (Å²) in [6.07, 6.45) is 0. The van der Waals surface area contributed by atoms with Crippen LogP contribution < -0.4 is 5.73 Å². The second-order valence-corrected chi connectivity index (χ2v) is 4.49. The largest absolute Gasteiger partial charge is 0.383 e. The van der Waals surface area contributed by atoms with E-state index in [0.717, 1.165) is 19.7 Å². The lowest BCUT2D eigenvalue weighted by molar-refractivity contribution is 0.120. The third-order valence-electron chi connectivity index (χ3n) is 2.61. The minimum atomic E-state index is 0.259. The summed E-state index contributed by atoms with van der Waals surface area (Å²) in [7, 11) is 1.74. The topological polar surface area (TPSA) is 38.5 Å². The highest BCUT2D eigenvalue weighted by molar-refractivity contribution is 4.73. The first-order chi connectivity index (χ1) is 6.49. The van der Waals surface area contributed by atoms with Crippen molar-refractivity contribution in [2.24, 2.45) is 11.7 Å². The molecule has 0 saturated heterocycles. The molecule has 0 aromatic rings. The predicted molar refractivity (Wildman–Crippen MR) is 61.4 cm³/mol. The predicted octanol–water partition coefficient (Wildman–Crippen LogP) is 1.33. The number of methoxy groups -OCH3 is 1. The first-order valence-electron chi connectivity index (χ1n) is 5.47. The third kappa shape index (κ3) is 5.58. The number of hydrogen-bond donors (Lipinski definition) is 1. The second kappa shape index (κ2) is 7.21. The first kappa shape index (κ1) is 13.9. The Morgan fingerprint density at radius 3 is 2.14 bits per heavy atom. The summed E-state index contributed by atoms with van der Waals surface area (Å²) in [6.45, 7) is 11.4. The molecule has 0 heterocycles. The molecule has 0 aromatic heterocycles. The Hall–Kier alpha value is -0.120. The molecule has 0 aliphatic rings. The first-order valence-corrected chi connectivity index (χ1v) is 5.47. The number of nitrogens with zero attached hydrogens (tertiary/aromatic N) is 1. The highest BCUT2D eigenvalue weighted by atomic mass is 16.5. The van der Waals surface area contributed by atoms with Crippen LogP contribution in [0, 0.1) is 5.92 Å². The summed E-state index contributed by atoms with van der Waals surface area (Å²) in [5.74, 6) is 0.541. The van der Waals surface area contributed by atoms with Crippen LogP contribution in [0.2, 0.25) is 0 Å². The van der Waals surface area contributed by atoms with Crippen molar-refractivity contribution in [2.75, 3.05) is 26.8 Å². The Kier molecular flexibility index (Phi) is 7.15.